The van der Waals surface area contributed by atoms with Gasteiger partial charge in [0.15, 0.2) is 0 Å². The number of nitrogens with zero attached hydrogens (tertiary/aromatic N) is 4. The van der Waals surface area contributed by atoms with Crippen molar-refractivity contribution in [2.75, 3.05) is 36.5 Å². The van der Waals surface area contributed by atoms with Gasteiger partial charge in [0.2, 0.25) is 5.95 Å². The molecular weight excluding hydrogens is 414 g/mol. The molecule has 0 aliphatic carbocycles. The number of aromatic nitrogens is 2. The Morgan fingerprint density at radius 2 is 1.67 bits per heavy atom. The Kier molecular flexibility index (Phi) is 5.96. The minimum absolute atomic E-state index is 0.0295. The summed E-state index contributed by atoms with van der Waals surface area (Å²) in [7, 11) is 0. The van der Waals surface area contributed by atoms with E-state index in [1.54, 1.807) is 0 Å². The maximum absolute atomic E-state index is 13.1. The molecule has 1 N–H and O–H groups in total. The zero-order chi connectivity index (χ0) is 22.8. The van der Waals surface area contributed by atoms with E-state index >= 15 is 0 Å². The van der Waals surface area contributed by atoms with E-state index in [4.69, 9.17) is 9.72 Å². The standard InChI is InChI=1S/C26H29N5O2/c1-18(2)31-17-22-23(25(31)32)28-26(30-12-14-33-15-13-30)29-24(22)27-21-10-8-20(9-11-21)16-19-6-4-3-5-7-19/h3-11,18H,12-17H2,1-2H3,(H,27,28,29). The lowest BCUT2D eigenvalue weighted by molar-refractivity contribution is 0.0726. The van der Waals surface area contributed by atoms with Gasteiger partial charge in [0, 0.05) is 30.4 Å². The van der Waals surface area contributed by atoms with Crippen molar-refractivity contribution in [2.24, 2.45) is 0 Å². The highest BCUT2D eigenvalue weighted by Crippen LogP contribution is 2.32. The fraction of sp³-hybridized carbons (Fsp3) is 0.346. The van der Waals surface area contributed by atoms with Crippen LogP contribution >= 0.6 is 0 Å². The molecule has 5 rings (SSSR count). The predicted octanol–water partition coefficient (Wildman–Crippen LogP) is 4.01. The van der Waals surface area contributed by atoms with Gasteiger partial charge in [-0.1, -0.05) is 42.5 Å². The first-order valence-electron chi connectivity index (χ1n) is 11.5. The Hall–Kier alpha value is -3.45. The first-order valence-corrected chi connectivity index (χ1v) is 11.5. The molecule has 1 aromatic heterocycles. The van der Waals surface area contributed by atoms with Crippen LogP contribution in [0, 0.1) is 0 Å². The monoisotopic (exact) mass is 443 g/mol. The van der Waals surface area contributed by atoms with Crippen molar-refractivity contribution in [2.45, 2.75) is 32.9 Å². The summed E-state index contributed by atoms with van der Waals surface area (Å²) in [5.41, 5.74) is 4.84. The molecule has 0 atom stereocenters. The number of fused-ring (bicyclic) bond motifs is 1. The number of ether oxygens (including phenoxy) is 1. The predicted molar refractivity (Wildman–Crippen MR) is 129 cm³/mol. The Balaban J connectivity index is 1.43. The quantitative estimate of drug-likeness (QED) is 0.621. The first-order chi connectivity index (χ1) is 16.1. The molecule has 0 radical (unpaired) electrons. The Bertz CT molecular complexity index is 1130. The second kappa shape index (κ2) is 9.19. The third kappa shape index (κ3) is 4.54. The van der Waals surface area contributed by atoms with E-state index in [2.05, 4.69) is 63.7 Å². The molecular formula is C26H29N5O2. The van der Waals surface area contributed by atoms with Crippen LogP contribution in [0.15, 0.2) is 54.6 Å². The molecule has 3 aromatic rings. The Morgan fingerprint density at radius 1 is 0.970 bits per heavy atom. The molecule has 7 nitrogen and oxygen atoms in total. The van der Waals surface area contributed by atoms with Gasteiger partial charge in [-0.2, -0.15) is 4.98 Å². The summed E-state index contributed by atoms with van der Waals surface area (Å²) in [5.74, 6) is 1.26. The maximum atomic E-state index is 13.1. The van der Waals surface area contributed by atoms with Gasteiger partial charge in [-0.05, 0) is 43.5 Å². The van der Waals surface area contributed by atoms with Crippen LogP contribution in [-0.2, 0) is 17.7 Å². The van der Waals surface area contributed by atoms with E-state index < -0.39 is 0 Å². The molecule has 2 aromatic carbocycles. The van der Waals surface area contributed by atoms with E-state index in [-0.39, 0.29) is 11.9 Å². The van der Waals surface area contributed by atoms with E-state index in [0.29, 0.717) is 50.3 Å². The molecule has 33 heavy (non-hydrogen) atoms. The molecule has 0 bridgehead atoms. The van der Waals surface area contributed by atoms with Crippen LogP contribution in [0.25, 0.3) is 0 Å². The number of hydrogen-bond donors (Lipinski definition) is 1. The maximum Gasteiger partial charge on any atom is 0.273 e. The third-order valence-corrected chi connectivity index (χ3v) is 6.17. The van der Waals surface area contributed by atoms with Crippen molar-refractivity contribution in [1.82, 2.24) is 14.9 Å². The van der Waals surface area contributed by atoms with Crippen molar-refractivity contribution in [1.29, 1.82) is 0 Å². The molecule has 3 heterocycles. The number of morpholine rings is 1. The number of carbonyl (C=O) groups excluding carboxylic acids is 1. The molecule has 2 aliphatic rings. The number of hydrogen-bond acceptors (Lipinski definition) is 6. The molecule has 170 valence electrons. The SMILES string of the molecule is CC(C)N1Cc2c(Nc3ccc(Cc4ccccc4)cc3)nc(N3CCOCC3)nc2C1=O. The van der Waals surface area contributed by atoms with Crippen molar-refractivity contribution >= 4 is 23.4 Å². The average molecular weight is 444 g/mol. The molecule has 0 unspecified atom stereocenters. The van der Waals surface area contributed by atoms with Gasteiger partial charge < -0.3 is 19.9 Å². The van der Waals surface area contributed by atoms with E-state index in [9.17, 15) is 4.79 Å². The zero-order valence-electron chi connectivity index (χ0n) is 19.1. The summed E-state index contributed by atoms with van der Waals surface area (Å²) in [5, 5.41) is 3.47. The van der Waals surface area contributed by atoms with Gasteiger partial charge in [0.1, 0.15) is 11.5 Å². The van der Waals surface area contributed by atoms with E-state index in [1.165, 1.54) is 11.1 Å². The Labute approximate surface area is 194 Å². The van der Waals surface area contributed by atoms with Gasteiger partial charge >= 0.3 is 0 Å². The summed E-state index contributed by atoms with van der Waals surface area (Å²) >= 11 is 0. The fourth-order valence-corrected chi connectivity index (χ4v) is 4.28. The highest BCUT2D eigenvalue weighted by atomic mass is 16.5. The van der Waals surface area contributed by atoms with Gasteiger partial charge in [0.05, 0.1) is 19.8 Å². The molecule has 1 amide bonds. The largest absolute Gasteiger partial charge is 0.378 e. The molecule has 0 spiro atoms. The van der Waals surface area contributed by atoms with Crippen molar-refractivity contribution < 1.29 is 9.53 Å². The summed E-state index contributed by atoms with van der Waals surface area (Å²) in [4.78, 5) is 26.5. The highest BCUT2D eigenvalue weighted by Gasteiger charge is 2.35. The second-order valence-electron chi connectivity index (χ2n) is 8.81. The number of nitrogens with one attached hydrogen (secondary N) is 1. The van der Waals surface area contributed by atoms with Gasteiger partial charge in [-0.25, -0.2) is 4.98 Å². The molecule has 2 aliphatic heterocycles. The molecule has 7 heteroatoms. The average Bonchev–Trinajstić information content (AvgIpc) is 3.19. The van der Waals surface area contributed by atoms with Crippen LogP contribution in [0.3, 0.4) is 0 Å². The van der Waals surface area contributed by atoms with Crippen LogP contribution < -0.4 is 10.2 Å². The summed E-state index contributed by atoms with van der Waals surface area (Å²) in [6, 6.07) is 18.9. The van der Waals surface area contributed by atoms with Crippen LogP contribution in [0.2, 0.25) is 0 Å². The van der Waals surface area contributed by atoms with Crippen LogP contribution in [-0.4, -0.2) is 53.1 Å². The normalized spacial score (nSPS) is 15.8. The fourth-order valence-electron chi connectivity index (χ4n) is 4.28. The number of amides is 1. The minimum atomic E-state index is -0.0295. The Morgan fingerprint density at radius 3 is 2.36 bits per heavy atom. The van der Waals surface area contributed by atoms with Crippen LogP contribution in [0.4, 0.5) is 17.5 Å². The number of rotatable bonds is 6. The zero-order valence-corrected chi connectivity index (χ0v) is 19.1. The molecule has 1 fully saturated rings. The molecule has 0 saturated carbocycles. The van der Waals surface area contributed by atoms with Gasteiger partial charge in [0.25, 0.3) is 5.91 Å². The van der Waals surface area contributed by atoms with Crippen LogP contribution in [0.5, 0.6) is 0 Å². The highest BCUT2D eigenvalue weighted by molar-refractivity contribution is 5.98. The van der Waals surface area contributed by atoms with Crippen molar-refractivity contribution in [3.8, 4) is 0 Å². The van der Waals surface area contributed by atoms with E-state index in [0.717, 1.165) is 17.7 Å². The van der Waals surface area contributed by atoms with Crippen molar-refractivity contribution in [3.63, 3.8) is 0 Å². The third-order valence-electron chi connectivity index (χ3n) is 6.17. The molecule has 1 saturated heterocycles. The lowest BCUT2D eigenvalue weighted by Crippen LogP contribution is -2.37. The van der Waals surface area contributed by atoms with Gasteiger partial charge in [-0.15, -0.1) is 0 Å². The number of carbonyl (C=O) groups is 1. The number of benzene rings is 2. The van der Waals surface area contributed by atoms with Crippen molar-refractivity contribution in [3.05, 3.63) is 77.0 Å². The minimum Gasteiger partial charge on any atom is -0.378 e. The topological polar surface area (TPSA) is 70.6 Å². The van der Waals surface area contributed by atoms with Crippen LogP contribution in [0.1, 0.15) is 41.0 Å². The number of anilines is 3. The van der Waals surface area contributed by atoms with Gasteiger partial charge in [-0.3, -0.25) is 4.79 Å². The smallest absolute Gasteiger partial charge is 0.273 e. The summed E-state index contributed by atoms with van der Waals surface area (Å²) in [6.45, 7) is 7.28. The second-order valence-corrected chi connectivity index (χ2v) is 8.81. The van der Waals surface area contributed by atoms with E-state index in [1.807, 2.05) is 24.8 Å². The summed E-state index contributed by atoms with van der Waals surface area (Å²) in [6.07, 6.45) is 0.892. The first kappa shape index (κ1) is 21.4. The lowest BCUT2D eigenvalue weighted by atomic mass is 10.0. The summed E-state index contributed by atoms with van der Waals surface area (Å²) < 4.78 is 5.48. The lowest BCUT2D eigenvalue weighted by Gasteiger charge is -2.27.